The lowest BCUT2D eigenvalue weighted by molar-refractivity contribution is -0.128. The summed E-state index contributed by atoms with van der Waals surface area (Å²) in [5.41, 5.74) is 0.805. The number of aliphatic hydroxyl groups excluding tert-OH is 1. The maximum atomic E-state index is 12.4. The van der Waals surface area contributed by atoms with Crippen LogP contribution in [-0.4, -0.2) is 53.7 Å². The van der Waals surface area contributed by atoms with Crippen molar-refractivity contribution < 1.29 is 24.2 Å². The van der Waals surface area contributed by atoms with Crippen LogP contribution in [0.2, 0.25) is 0 Å². The number of urea groups is 1. The number of hydrogen-bond donors (Lipinski definition) is 3. The van der Waals surface area contributed by atoms with E-state index in [4.69, 9.17) is 9.84 Å². The van der Waals surface area contributed by atoms with Gasteiger partial charge in [-0.15, -0.1) is 0 Å². The molecule has 1 saturated heterocycles. The maximum Gasteiger partial charge on any atom is 0.325 e. The standard InChI is InChI=1S/C17H23N3O5/c1-11(10-21)18-15(22)8-7-14-16(23)20(17(24)19-14)9-12-3-5-13(25-2)6-4-12/h3-6,11,14,21H,7-10H2,1-2H3,(H,18,22)(H,19,24)/t11-,14+/m0/s1. The number of carbonyl (C=O) groups excluding carboxylic acids is 3. The van der Waals surface area contributed by atoms with Crippen molar-refractivity contribution in [2.45, 2.75) is 38.4 Å². The van der Waals surface area contributed by atoms with E-state index in [0.29, 0.717) is 5.75 Å². The molecule has 8 heteroatoms. The van der Waals surface area contributed by atoms with E-state index in [1.165, 1.54) is 0 Å². The normalized spacial score (nSPS) is 18.0. The Bertz CT molecular complexity index is 632. The summed E-state index contributed by atoms with van der Waals surface area (Å²) in [6.07, 6.45) is 0.311. The minimum atomic E-state index is -0.707. The highest BCUT2D eigenvalue weighted by Crippen LogP contribution is 2.17. The highest BCUT2D eigenvalue weighted by Gasteiger charge is 2.37. The van der Waals surface area contributed by atoms with Crippen LogP contribution in [0.4, 0.5) is 4.79 Å². The van der Waals surface area contributed by atoms with Crippen LogP contribution in [0, 0.1) is 0 Å². The largest absolute Gasteiger partial charge is 0.497 e. The summed E-state index contributed by atoms with van der Waals surface area (Å²) in [5.74, 6) is 0.0861. The molecule has 25 heavy (non-hydrogen) atoms. The van der Waals surface area contributed by atoms with Gasteiger partial charge in [0.1, 0.15) is 11.8 Å². The molecule has 0 aromatic heterocycles. The SMILES string of the molecule is COc1ccc(CN2C(=O)N[C@H](CCC(=O)N[C@@H](C)CO)C2=O)cc1. The first kappa shape index (κ1) is 18.7. The quantitative estimate of drug-likeness (QED) is 0.589. The molecule has 0 unspecified atom stereocenters. The first-order chi connectivity index (χ1) is 11.9. The summed E-state index contributed by atoms with van der Waals surface area (Å²) in [5, 5.41) is 14.1. The van der Waals surface area contributed by atoms with Crippen LogP contribution in [-0.2, 0) is 16.1 Å². The Morgan fingerprint density at radius 2 is 2.04 bits per heavy atom. The molecular formula is C17H23N3O5. The van der Waals surface area contributed by atoms with E-state index in [0.717, 1.165) is 10.5 Å². The number of nitrogens with zero attached hydrogens (tertiary/aromatic N) is 1. The van der Waals surface area contributed by atoms with E-state index in [1.54, 1.807) is 38.3 Å². The highest BCUT2D eigenvalue weighted by molar-refractivity contribution is 6.04. The number of aliphatic hydroxyl groups is 1. The van der Waals surface area contributed by atoms with Crippen molar-refractivity contribution in [2.75, 3.05) is 13.7 Å². The van der Waals surface area contributed by atoms with Crippen molar-refractivity contribution in [2.24, 2.45) is 0 Å². The molecule has 2 atom stereocenters. The third-order valence-corrected chi connectivity index (χ3v) is 3.95. The van der Waals surface area contributed by atoms with Crippen molar-refractivity contribution in [3.63, 3.8) is 0 Å². The van der Waals surface area contributed by atoms with Gasteiger partial charge in [0.15, 0.2) is 0 Å². The molecule has 0 radical (unpaired) electrons. The Labute approximate surface area is 146 Å². The topological polar surface area (TPSA) is 108 Å². The first-order valence-corrected chi connectivity index (χ1v) is 8.09. The summed E-state index contributed by atoms with van der Waals surface area (Å²) in [6, 6.07) is 5.59. The summed E-state index contributed by atoms with van der Waals surface area (Å²) < 4.78 is 5.07. The number of carbonyl (C=O) groups is 3. The Kier molecular flexibility index (Phi) is 6.35. The van der Waals surface area contributed by atoms with E-state index in [2.05, 4.69) is 10.6 Å². The number of nitrogens with one attached hydrogen (secondary N) is 2. The molecule has 1 heterocycles. The maximum absolute atomic E-state index is 12.4. The first-order valence-electron chi connectivity index (χ1n) is 8.09. The second kappa shape index (κ2) is 8.48. The minimum absolute atomic E-state index is 0.0946. The third-order valence-electron chi connectivity index (χ3n) is 3.95. The van der Waals surface area contributed by atoms with Crippen molar-refractivity contribution in [1.29, 1.82) is 0 Å². The number of benzene rings is 1. The van der Waals surface area contributed by atoms with Gasteiger partial charge in [-0.05, 0) is 31.0 Å². The fourth-order valence-electron chi connectivity index (χ4n) is 2.50. The van der Waals surface area contributed by atoms with Gasteiger partial charge in [0.2, 0.25) is 5.91 Å². The average molecular weight is 349 g/mol. The zero-order valence-electron chi connectivity index (χ0n) is 14.3. The van der Waals surface area contributed by atoms with Gasteiger partial charge in [-0.2, -0.15) is 0 Å². The predicted octanol–water partition coefficient (Wildman–Crippen LogP) is 0.393. The molecule has 2 rings (SSSR count). The second-order valence-electron chi connectivity index (χ2n) is 5.96. The van der Waals surface area contributed by atoms with Gasteiger partial charge in [-0.1, -0.05) is 12.1 Å². The lowest BCUT2D eigenvalue weighted by Gasteiger charge is -2.14. The van der Waals surface area contributed by atoms with Gasteiger partial charge in [0, 0.05) is 12.5 Å². The van der Waals surface area contributed by atoms with Gasteiger partial charge in [-0.3, -0.25) is 14.5 Å². The lowest BCUT2D eigenvalue weighted by Crippen LogP contribution is -2.37. The number of imide groups is 1. The summed E-state index contributed by atoms with van der Waals surface area (Å²) in [7, 11) is 1.56. The van der Waals surface area contributed by atoms with Crippen molar-refractivity contribution in [3.8, 4) is 5.75 Å². The predicted molar refractivity (Wildman–Crippen MR) is 89.8 cm³/mol. The zero-order valence-corrected chi connectivity index (χ0v) is 14.3. The van der Waals surface area contributed by atoms with E-state index in [9.17, 15) is 14.4 Å². The van der Waals surface area contributed by atoms with Crippen LogP contribution >= 0.6 is 0 Å². The highest BCUT2D eigenvalue weighted by atomic mass is 16.5. The van der Waals surface area contributed by atoms with Crippen LogP contribution in [0.5, 0.6) is 5.75 Å². The van der Waals surface area contributed by atoms with E-state index in [1.807, 2.05) is 0 Å². The van der Waals surface area contributed by atoms with E-state index in [-0.39, 0.29) is 43.8 Å². The van der Waals surface area contributed by atoms with Gasteiger partial charge in [0.05, 0.1) is 20.3 Å². The molecule has 1 aromatic rings. The molecule has 1 aliphatic heterocycles. The van der Waals surface area contributed by atoms with Crippen molar-refractivity contribution in [1.82, 2.24) is 15.5 Å². The molecule has 1 aliphatic rings. The molecule has 3 N–H and O–H groups in total. The second-order valence-corrected chi connectivity index (χ2v) is 5.96. The molecule has 1 fully saturated rings. The summed E-state index contributed by atoms with van der Waals surface area (Å²) >= 11 is 0. The Morgan fingerprint density at radius 3 is 2.64 bits per heavy atom. The number of rotatable bonds is 8. The summed E-state index contributed by atoms with van der Waals surface area (Å²) in [4.78, 5) is 37.3. The molecule has 136 valence electrons. The van der Waals surface area contributed by atoms with Gasteiger partial charge in [-0.25, -0.2) is 4.79 Å². The minimum Gasteiger partial charge on any atom is -0.497 e. The third kappa shape index (κ3) is 4.93. The molecule has 1 aromatic carbocycles. The lowest BCUT2D eigenvalue weighted by atomic mass is 10.1. The smallest absolute Gasteiger partial charge is 0.325 e. The molecule has 8 nitrogen and oxygen atoms in total. The van der Waals surface area contributed by atoms with Crippen LogP contribution in [0.15, 0.2) is 24.3 Å². The molecule has 0 aliphatic carbocycles. The molecular weight excluding hydrogens is 326 g/mol. The summed E-state index contributed by atoms with van der Waals surface area (Å²) in [6.45, 7) is 1.69. The van der Waals surface area contributed by atoms with E-state index < -0.39 is 12.1 Å². The van der Waals surface area contributed by atoms with Crippen LogP contribution in [0.25, 0.3) is 0 Å². The van der Waals surface area contributed by atoms with Crippen LogP contribution in [0.1, 0.15) is 25.3 Å². The van der Waals surface area contributed by atoms with Gasteiger partial charge < -0.3 is 20.5 Å². The Morgan fingerprint density at radius 1 is 1.36 bits per heavy atom. The number of methoxy groups -OCH3 is 1. The van der Waals surface area contributed by atoms with Crippen LogP contribution < -0.4 is 15.4 Å². The number of ether oxygens (including phenoxy) is 1. The Hall–Kier alpha value is -2.61. The van der Waals surface area contributed by atoms with E-state index >= 15 is 0 Å². The van der Waals surface area contributed by atoms with Crippen molar-refractivity contribution >= 4 is 17.8 Å². The molecule has 0 spiro atoms. The van der Waals surface area contributed by atoms with Gasteiger partial charge >= 0.3 is 6.03 Å². The number of hydrogen-bond acceptors (Lipinski definition) is 5. The van der Waals surface area contributed by atoms with Crippen LogP contribution in [0.3, 0.4) is 0 Å². The average Bonchev–Trinajstić information content (AvgIpc) is 2.88. The van der Waals surface area contributed by atoms with Crippen molar-refractivity contribution in [3.05, 3.63) is 29.8 Å². The number of amides is 4. The Balaban J connectivity index is 1.89. The molecule has 0 saturated carbocycles. The van der Waals surface area contributed by atoms with Gasteiger partial charge in [0.25, 0.3) is 5.91 Å². The monoisotopic (exact) mass is 349 g/mol. The molecule has 0 bridgehead atoms. The fraction of sp³-hybridized carbons (Fsp3) is 0.471. The fourth-order valence-corrected chi connectivity index (χ4v) is 2.50. The molecule has 4 amide bonds. The zero-order chi connectivity index (χ0) is 18.4.